The van der Waals surface area contributed by atoms with Crippen molar-refractivity contribution in [3.63, 3.8) is 0 Å². The topological polar surface area (TPSA) is 85.8 Å². The molecule has 0 atom stereocenters. The van der Waals surface area contributed by atoms with Crippen molar-refractivity contribution in [1.82, 2.24) is 9.97 Å². The molecule has 8 heteroatoms. The SMILES string of the molecule is COc1cc(NC(=O)C2CCC2)c(C)c(C)c1Oc1cnc(N2CCOCC2)nc1. The van der Waals surface area contributed by atoms with Gasteiger partial charge in [-0.15, -0.1) is 0 Å². The first kappa shape index (κ1) is 20.4. The highest BCUT2D eigenvalue weighted by Gasteiger charge is 2.26. The van der Waals surface area contributed by atoms with Crippen LogP contribution in [-0.2, 0) is 9.53 Å². The summed E-state index contributed by atoms with van der Waals surface area (Å²) < 4.78 is 17.0. The van der Waals surface area contributed by atoms with Crippen LogP contribution in [0.1, 0.15) is 30.4 Å². The molecule has 30 heavy (non-hydrogen) atoms. The minimum Gasteiger partial charge on any atom is -0.493 e. The van der Waals surface area contributed by atoms with Gasteiger partial charge in [0, 0.05) is 36.3 Å². The molecule has 8 nitrogen and oxygen atoms in total. The molecule has 4 rings (SSSR count). The van der Waals surface area contributed by atoms with Gasteiger partial charge in [-0.1, -0.05) is 6.42 Å². The molecule has 1 aromatic carbocycles. The molecule has 2 aliphatic rings. The Morgan fingerprint density at radius 3 is 2.47 bits per heavy atom. The number of rotatable bonds is 6. The molecule has 1 aliphatic heterocycles. The summed E-state index contributed by atoms with van der Waals surface area (Å²) in [5, 5.41) is 3.05. The van der Waals surface area contributed by atoms with Gasteiger partial charge in [0.25, 0.3) is 0 Å². The molecular weight excluding hydrogens is 384 g/mol. The van der Waals surface area contributed by atoms with Gasteiger partial charge in [0.05, 0.1) is 32.7 Å². The summed E-state index contributed by atoms with van der Waals surface area (Å²) in [5.41, 5.74) is 2.60. The van der Waals surface area contributed by atoms with Gasteiger partial charge in [-0.3, -0.25) is 4.79 Å². The first-order chi connectivity index (χ1) is 14.6. The van der Waals surface area contributed by atoms with Crippen LogP contribution in [0, 0.1) is 19.8 Å². The molecular formula is C22H28N4O4. The van der Waals surface area contributed by atoms with Crippen LogP contribution in [0.4, 0.5) is 11.6 Å². The van der Waals surface area contributed by atoms with E-state index >= 15 is 0 Å². The smallest absolute Gasteiger partial charge is 0.227 e. The molecule has 1 saturated carbocycles. The van der Waals surface area contributed by atoms with Gasteiger partial charge in [0.2, 0.25) is 11.9 Å². The summed E-state index contributed by atoms with van der Waals surface area (Å²) in [6, 6.07) is 1.82. The molecule has 1 N–H and O–H groups in total. The standard InChI is InChI=1S/C22H28N4O4/c1-14-15(2)20(19(28-3)11-18(14)25-21(27)16-5-4-6-16)30-17-12-23-22(24-13-17)26-7-9-29-10-8-26/h11-13,16H,4-10H2,1-3H3,(H,25,27). The Labute approximate surface area is 176 Å². The Bertz CT molecular complexity index is 906. The summed E-state index contributed by atoms with van der Waals surface area (Å²) in [4.78, 5) is 23.3. The molecule has 1 aliphatic carbocycles. The predicted octanol–water partition coefficient (Wildman–Crippen LogP) is 3.47. The van der Waals surface area contributed by atoms with Gasteiger partial charge in [0.1, 0.15) is 0 Å². The number of nitrogens with zero attached hydrogens (tertiary/aromatic N) is 3. The fourth-order valence-electron chi connectivity index (χ4n) is 3.58. The number of nitrogens with one attached hydrogen (secondary N) is 1. The Morgan fingerprint density at radius 2 is 1.87 bits per heavy atom. The van der Waals surface area contributed by atoms with E-state index in [2.05, 4.69) is 20.2 Å². The largest absolute Gasteiger partial charge is 0.493 e. The van der Waals surface area contributed by atoms with Crippen molar-refractivity contribution in [2.45, 2.75) is 33.1 Å². The van der Waals surface area contributed by atoms with Crippen molar-refractivity contribution in [2.75, 3.05) is 43.6 Å². The molecule has 1 aromatic heterocycles. The van der Waals surface area contributed by atoms with Gasteiger partial charge in [-0.25, -0.2) is 9.97 Å². The lowest BCUT2D eigenvalue weighted by Crippen LogP contribution is -2.37. The number of methoxy groups -OCH3 is 1. The van der Waals surface area contributed by atoms with Gasteiger partial charge in [-0.2, -0.15) is 0 Å². The third-order valence-electron chi connectivity index (χ3n) is 5.89. The molecule has 0 radical (unpaired) electrons. The van der Waals surface area contributed by atoms with Crippen LogP contribution in [0.2, 0.25) is 0 Å². The van der Waals surface area contributed by atoms with E-state index in [1.165, 1.54) is 0 Å². The predicted molar refractivity (Wildman–Crippen MR) is 114 cm³/mol. The number of anilines is 2. The highest BCUT2D eigenvalue weighted by Crippen LogP contribution is 2.40. The number of amides is 1. The maximum atomic E-state index is 12.4. The Morgan fingerprint density at radius 1 is 1.17 bits per heavy atom. The average molecular weight is 412 g/mol. The second-order valence-electron chi connectivity index (χ2n) is 7.74. The molecule has 2 heterocycles. The number of benzene rings is 1. The van der Waals surface area contributed by atoms with Gasteiger partial charge < -0.3 is 24.4 Å². The van der Waals surface area contributed by atoms with Crippen LogP contribution in [0.3, 0.4) is 0 Å². The first-order valence-corrected chi connectivity index (χ1v) is 10.4. The van der Waals surface area contributed by atoms with Gasteiger partial charge in [-0.05, 0) is 32.3 Å². The highest BCUT2D eigenvalue weighted by molar-refractivity contribution is 5.94. The molecule has 1 saturated heterocycles. The molecule has 2 fully saturated rings. The van der Waals surface area contributed by atoms with Crippen LogP contribution in [0.15, 0.2) is 18.5 Å². The molecule has 0 spiro atoms. The first-order valence-electron chi connectivity index (χ1n) is 10.4. The number of ether oxygens (including phenoxy) is 3. The maximum absolute atomic E-state index is 12.4. The van der Waals surface area contributed by atoms with E-state index in [9.17, 15) is 4.79 Å². The van der Waals surface area contributed by atoms with Crippen molar-refractivity contribution < 1.29 is 19.0 Å². The van der Waals surface area contributed by atoms with Crippen molar-refractivity contribution in [2.24, 2.45) is 5.92 Å². The summed E-state index contributed by atoms with van der Waals surface area (Å²) in [6.45, 7) is 6.84. The van der Waals surface area contributed by atoms with E-state index in [1.807, 2.05) is 19.9 Å². The van der Waals surface area contributed by atoms with E-state index in [-0.39, 0.29) is 11.8 Å². The third-order valence-corrected chi connectivity index (χ3v) is 5.89. The van der Waals surface area contributed by atoms with E-state index in [4.69, 9.17) is 14.2 Å². The summed E-state index contributed by atoms with van der Waals surface area (Å²) in [6.07, 6.45) is 6.38. The van der Waals surface area contributed by atoms with Crippen molar-refractivity contribution >= 4 is 17.5 Å². The zero-order valence-corrected chi connectivity index (χ0v) is 17.7. The Balaban J connectivity index is 1.53. The second-order valence-corrected chi connectivity index (χ2v) is 7.74. The van der Waals surface area contributed by atoms with E-state index in [0.717, 1.165) is 49.2 Å². The number of aromatic nitrogens is 2. The Kier molecular flexibility index (Phi) is 6.03. The van der Waals surface area contributed by atoms with Crippen molar-refractivity contribution in [3.05, 3.63) is 29.6 Å². The van der Waals surface area contributed by atoms with E-state index in [0.29, 0.717) is 36.4 Å². The molecule has 160 valence electrons. The van der Waals surface area contributed by atoms with Gasteiger partial charge >= 0.3 is 0 Å². The molecule has 0 unspecified atom stereocenters. The second kappa shape index (κ2) is 8.87. The third kappa shape index (κ3) is 4.18. The Hall–Kier alpha value is -2.87. The van der Waals surface area contributed by atoms with Crippen LogP contribution >= 0.6 is 0 Å². The summed E-state index contributed by atoms with van der Waals surface area (Å²) in [5.74, 6) is 2.54. The van der Waals surface area contributed by atoms with Crippen LogP contribution < -0.4 is 19.7 Å². The number of morpholine rings is 1. The fourth-order valence-corrected chi connectivity index (χ4v) is 3.58. The number of carbonyl (C=O) groups excluding carboxylic acids is 1. The van der Waals surface area contributed by atoms with Crippen molar-refractivity contribution in [3.8, 4) is 17.2 Å². The monoisotopic (exact) mass is 412 g/mol. The molecule has 0 bridgehead atoms. The summed E-state index contributed by atoms with van der Waals surface area (Å²) in [7, 11) is 1.59. The molecule has 1 amide bonds. The van der Waals surface area contributed by atoms with Gasteiger partial charge in [0.15, 0.2) is 17.2 Å². The fraction of sp³-hybridized carbons (Fsp3) is 0.500. The van der Waals surface area contributed by atoms with Crippen molar-refractivity contribution in [1.29, 1.82) is 0 Å². The highest BCUT2D eigenvalue weighted by atomic mass is 16.5. The van der Waals surface area contributed by atoms with Crippen LogP contribution in [0.25, 0.3) is 0 Å². The normalized spacial score (nSPS) is 16.7. The van der Waals surface area contributed by atoms with Crippen LogP contribution in [-0.4, -0.2) is 49.3 Å². The lowest BCUT2D eigenvalue weighted by molar-refractivity contribution is -0.122. The number of hydrogen-bond donors (Lipinski definition) is 1. The number of carbonyl (C=O) groups is 1. The minimum absolute atomic E-state index is 0.0755. The lowest BCUT2D eigenvalue weighted by atomic mass is 9.84. The van der Waals surface area contributed by atoms with E-state index < -0.39 is 0 Å². The maximum Gasteiger partial charge on any atom is 0.227 e. The average Bonchev–Trinajstić information content (AvgIpc) is 2.73. The van der Waals surface area contributed by atoms with Crippen LogP contribution in [0.5, 0.6) is 17.2 Å². The molecule has 2 aromatic rings. The summed E-state index contributed by atoms with van der Waals surface area (Å²) >= 11 is 0. The quantitative estimate of drug-likeness (QED) is 0.777. The number of hydrogen-bond acceptors (Lipinski definition) is 7. The zero-order chi connectivity index (χ0) is 21.1. The van der Waals surface area contributed by atoms with E-state index in [1.54, 1.807) is 19.5 Å². The zero-order valence-electron chi connectivity index (χ0n) is 17.7. The minimum atomic E-state index is 0.0755. The lowest BCUT2D eigenvalue weighted by Gasteiger charge is -2.26.